The first-order chi connectivity index (χ1) is 8.01. The standard InChI is InChI=1S/C12H15BrO4/c1-4-17-12(15)11(14)8-5-7(2)6-9(16-3)10(8)13/h5-6,11,14H,4H2,1-3H3. The van der Waals surface area contributed by atoms with Crippen LogP contribution in [0.2, 0.25) is 0 Å². The Bertz CT molecular complexity index is 417. The lowest BCUT2D eigenvalue weighted by Gasteiger charge is -2.15. The summed E-state index contributed by atoms with van der Waals surface area (Å²) in [4.78, 5) is 11.5. The highest BCUT2D eigenvalue weighted by Gasteiger charge is 2.23. The van der Waals surface area contributed by atoms with E-state index in [2.05, 4.69) is 15.9 Å². The number of benzene rings is 1. The summed E-state index contributed by atoms with van der Waals surface area (Å²) >= 11 is 3.30. The first-order valence-electron chi connectivity index (χ1n) is 5.20. The molecule has 0 heterocycles. The van der Waals surface area contributed by atoms with Crippen LogP contribution in [0.4, 0.5) is 0 Å². The lowest BCUT2D eigenvalue weighted by molar-refractivity contribution is -0.153. The fourth-order valence-corrected chi connectivity index (χ4v) is 2.07. The van der Waals surface area contributed by atoms with E-state index in [1.54, 1.807) is 13.0 Å². The van der Waals surface area contributed by atoms with Crippen molar-refractivity contribution in [1.82, 2.24) is 0 Å². The Morgan fingerprint density at radius 3 is 2.71 bits per heavy atom. The van der Waals surface area contributed by atoms with Gasteiger partial charge in [0.2, 0.25) is 0 Å². The summed E-state index contributed by atoms with van der Waals surface area (Å²) in [6.07, 6.45) is -1.31. The van der Waals surface area contributed by atoms with E-state index in [0.717, 1.165) is 5.56 Å². The van der Waals surface area contributed by atoms with Crippen molar-refractivity contribution in [3.05, 3.63) is 27.7 Å². The van der Waals surface area contributed by atoms with Gasteiger partial charge in [-0.1, -0.05) is 6.07 Å². The lowest BCUT2D eigenvalue weighted by Crippen LogP contribution is -2.16. The molecule has 5 heteroatoms. The maximum Gasteiger partial charge on any atom is 0.339 e. The summed E-state index contributed by atoms with van der Waals surface area (Å²) in [5.74, 6) is -0.0933. The average Bonchev–Trinajstić information content (AvgIpc) is 2.31. The molecule has 0 aliphatic heterocycles. The normalized spacial score (nSPS) is 12.1. The van der Waals surface area contributed by atoms with Crippen LogP contribution in [0, 0.1) is 6.92 Å². The summed E-state index contributed by atoms with van der Waals surface area (Å²) in [6.45, 7) is 3.78. The van der Waals surface area contributed by atoms with Gasteiger partial charge < -0.3 is 14.6 Å². The van der Waals surface area contributed by atoms with E-state index in [-0.39, 0.29) is 6.61 Å². The second kappa shape index (κ2) is 6.02. The van der Waals surface area contributed by atoms with Crippen molar-refractivity contribution in [2.75, 3.05) is 13.7 Å². The summed E-state index contributed by atoms with van der Waals surface area (Å²) in [6, 6.07) is 3.53. The number of carbonyl (C=O) groups excluding carboxylic acids is 1. The molecule has 1 N–H and O–H groups in total. The Morgan fingerprint density at radius 1 is 1.53 bits per heavy atom. The molecule has 0 fully saturated rings. The molecule has 1 aromatic rings. The highest BCUT2D eigenvalue weighted by molar-refractivity contribution is 9.10. The van der Waals surface area contributed by atoms with Crippen molar-refractivity contribution in [1.29, 1.82) is 0 Å². The van der Waals surface area contributed by atoms with E-state index in [1.165, 1.54) is 7.11 Å². The van der Waals surface area contributed by atoms with E-state index in [9.17, 15) is 9.90 Å². The first kappa shape index (κ1) is 14.0. The largest absolute Gasteiger partial charge is 0.496 e. The third-order valence-electron chi connectivity index (χ3n) is 2.24. The van der Waals surface area contributed by atoms with Crippen molar-refractivity contribution >= 4 is 21.9 Å². The summed E-state index contributed by atoms with van der Waals surface area (Å²) in [5.41, 5.74) is 1.34. The van der Waals surface area contributed by atoms with Crippen molar-refractivity contribution in [3.63, 3.8) is 0 Å². The minimum atomic E-state index is -1.31. The smallest absolute Gasteiger partial charge is 0.339 e. The van der Waals surface area contributed by atoms with Gasteiger partial charge in [-0.05, 0) is 41.4 Å². The molecule has 0 amide bonds. The van der Waals surface area contributed by atoms with Crippen molar-refractivity contribution in [2.45, 2.75) is 20.0 Å². The minimum Gasteiger partial charge on any atom is -0.496 e. The molecule has 0 radical (unpaired) electrons. The van der Waals surface area contributed by atoms with Crippen LogP contribution in [0.25, 0.3) is 0 Å². The van der Waals surface area contributed by atoms with Crippen molar-refractivity contribution in [3.8, 4) is 5.75 Å². The van der Waals surface area contributed by atoms with Crippen LogP contribution in [-0.4, -0.2) is 24.8 Å². The summed E-state index contributed by atoms with van der Waals surface area (Å²) in [5, 5.41) is 9.89. The molecule has 0 spiro atoms. The zero-order valence-corrected chi connectivity index (χ0v) is 11.6. The Labute approximate surface area is 109 Å². The van der Waals surface area contributed by atoms with Gasteiger partial charge in [0, 0.05) is 5.56 Å². The molecule has 0 bridgehead atoms. The van der Waals surface area contributed by atoms with Gasteiger partial charge in [0.05, 0.1) is 18.2 Å². The Morgan fingerprint density at radius 2 is 2.18 bits per heavy atom. The van der Waals surface area contributed by atoms with E-state index in [1.807, 2.05) is 13.0 Å². The van der Waals surface area contributed by atoms with Gasteiger partial charge in [0.25, 0.3) is 0 Å². The van der Waals surface area contributed by atoms with Crippen LogP contribution in [-0.2, 0) is 9.53 Å². The third kappa shape index (κ3) is 3.20. The van der Waals surface area contributed by atoms with Crippen LogP contribution in [0.15, 0.2) is 16.6 Å². The molecule has 17 heavy (non-hydrogen) atoms. The fourth-order valence-electron chi connectivity index (χ4n) is 1.46. The Kier molecular flexibility index (Phi) is 4.96. The fraction of sp³-hybridized carbons (Fsp3) is 0.417. The predicted molar refractivity (Wildman–Crippen MR) is 67.0 cm³/mol. The molecule has 1 aromatic carbocycles. The maximum absolute atomic E-state index is 11.5. The monoisotopic (exact) mass is 302 g/mol. The second-order valence-corrected chi connectivity index (χ2v) is 4.32. The van der Waals surface area contributed by atoms with E-state index in [4.69, 9.17) is 9.47 Å². The zero-order chi connectivity index (χ0) is 13.0. The molecule has 0 saturated heterocycles. The highest BCUT2D eigenvalue weighted by Crippen LogP contribution is 2.34. The number of halogens is 1. The molecule has 0 aliphatic rings. The number of aliphatic hydroxyl groups excluding tert-OH is 1. The molecule has 0 aromatic heterocycles. The first-order valence-corrected chi connectivity index (χ1v) is 5.99. The van der Waals surface area contributed by atoms with Gasteiger partial charge in [0.15, 0.2) is 6.10 Å². The number of hydrogen-bond donors (Lipinski definition) is 1. The second-order valence-electron chi connectivity index (χ2n) is 3.52. The maximum atomic E-state index is 11.5. The zero-order valence-electron chi connectivity index (χ0n) is 9.99. The van der Waals surface area contributed by atoms with Crippen LogP contribution in [0.5, 0.6) is 5.75 Å². The van der Waals surface area contributed by atoms with Crippen LogP contribution in [0.1, 0.15) is 24.2 Å². The Hall–Kier alpha value is -1.07. The number of methoxy groups -OCH3 is 1. The lowest BCUT2D eigenvalue weighted by atomic mass is 10.1. The molecule has 1 atom stereocenters. The van der Waals surface area contributed by atoms with Crippen molar-refractivity contribution in [2.24, 2.45) is 0 Å². The Balaban J connectivity index is 3.12. The van der Waals surface area contributed by atoms with Gasteiger partial charge >= 0.3 is 5.97 Å². The van der Waals surface area contributed by atoms with E-state index >= 15 is 0 Å². The number of hydrogen-bond acceptors (Lipinski definition) is 4. The number of carbonyl (C=O) groups is 1. The molecular formula is C12H15BrO4. The van der Waals surface area contributed by atoms with Gasteiger partial charge in [0.1, 0.15) is 5.75 Å². The number of aliphatic hydroxyl groups is 1. The topological polar surface area (TPSA) is 55.8 Å². The molecule has 1 rings (SSSR count). The van der Waals surface area contributed by atoms with Gasteiger partial charge in [-0.2, -0.15) is 0 Å². The number of aryl methyl sites for hydroxylation is 1. The van der Waals surface area contributed by atoms with Gasteiger partial charge in [-0.25, -0.2) is 4.79 Å². The SMILES string of the molecule is CCOC(=O)C(O)c1cc(C)cc(OC)c1Br. The highest BCUT2D eigenvalue weighted by atomic mass is 79.9. The van der Waals surface area contributed by atoms with Crippen LogP contribution >= 0.6 is 15.9 Å². The number of ether oxygens (including phenoxy) is 2. The third-order valence-corrected chi connectivity index (χ3v) is 3.08. The summed E-state index contributed by atoms with van der Waals surface area (Å²) < 4.78 is 10.5. The molecular weight excluding hydrogens is 288 g/mol. The van der Waals surface area contributed by atoms with Crippen LogP contribution in [0.3, 0.4) is 0 Å². The quantitative estimate of drug-likeness (QED) is 0.868. The number of rotatable bonds is 4. The van der Waals surface area contributed by atoms with Crippen molar-refractivity contribution < 1.29 is 19.4 Å². The van der Waals surface area contributed by atoms with Gasteiger partial charge in [-0.15, -0.1) is 0 Å². The predicted octanol–water partition coefficient (Wildman–Crippen LogP) is 2.36. The van der Waals surface area contributed by atoms with E-state index in [0.29, 0.717) is 15.8 Å². The molecule has 1 unspecified atom stereocenters. The molecule has 0 aliphatic carbocycles. The minimum absolute atomic E-state index is 0.233. The average molecular weight is 303 g/mol. The molecule has 94 valence electrons. The molecule has 0 saturated carbocycles. The number of esters is 1. The van der Waals surface area contributed by atoms with Crippen LogP contribution < -0.4 is 4.74 Å². The molecule has 4 nitrogen and oxygen atoms in total. The van der Waals surface area contributed by atoms with E-state index < -0.39 is 12.1 Å². The summed E-state index contributed by atoms with van der Waals surface area (Å²) in [7, 11) is 1.53. The van der Waals surface area contributed by atoms with Gasteiger partial charge in [-0.3, -0.25) is 0 Å².